The molecular weight excluding hydrogens is 865 g/mol. The molecule has 0 aromatic heterocycles. The molecule has 0 saturated heterocycles. The Morgan fingerprint density at radius 2 is 0.386 bits per heavy atom. The molecule has 0 fully saturated rings. The van der Waals surface area contributed by atoms with Crippen molar-refractivity contribution >= 4 is 17.9 Å². The molecule has 70 heavy (non-hydrogen) atoms. The Hall–Kier alpha value is -1.59. The Morgan fingerprint density at radius 3 is 0.571 bits per heavy atom. The highest BCUT2D eigenvalue weighted by atomic mass is 16.6. The Morgan fingerprint density at radius 1 is 0.229 bits per heavy atom. The standard InChI is InChI=1S/C64H124O6/c1-4-7-10-13-16-19-21-22-23-24-25-26-27-28-29-30-31-32-33-34-35-36-37-38-39-40-41-42-43-44-46-48-51-54-57-63(66)69-60-61(59-68-62(65)56-53-50-47-18-15-12-9-6-3)70-64(67)58-55-52-49-45-20-17-14-11-8-5-2/h61H,4-60H2,1-3H3. The zero-order valence-corrected chi connectivity index (χ0v) is 47.8. The van der Waals surface area contributed by atoms with Crippen LogP contribution >= 0.6 is 0 Å². The van der Waals surface area contributed by atoms with E-state index in [1.54, 1.807) is 0 Å². The van der Waals surface area contributed by atoms with Crippen LogP contribution in [0.3, 0.4) is 0 Å². The SMILES string of the molecule is CCCCCCCCCCCCCCCCCCCCCCCCCCCCCCCCCCCCC(=O)OCC(COC(=O)CCCCCCCCCC)OC(=O)CCCCCCCCCCCC. The van der Waals surface area contributed by atoms with Gasteiger partial charge in [0.1, 0.15) is 13.2 Å². The van der Waals surface area contributed by atoms with Gasteiger partial charge >= 0.3 is 17.9 Å². The van der Waals surface area contributed by atoms with Crippen LogP contribution in [0.2, 0.25) is 0 Å². The van der Waals surface area contributed by atoms with E-state index in [4.69, 9.17) is 14.2 Å². The van der Waals surface area contributed by atoms with Crippen molar-refractivity contribution in [2.45, 2.75) is 380 Å². The molecule has 0 spiro atoms. The molecule has 0 aliphatic heterocycles. The van der Waals surface area contributed by atoms with Gasteiger partial charge in [-0.15, -0.1) is 0 Å². The van der Waals surface area contributed by atoms with Crippen LogP contribution in [0, 0.1) is 0 Å². The second-order valence-corrected chi connectivity index (χ2v) is 22.1. The number of carbonyl (C=O) groups excluding carboxylic acids is 3. The molecule has 0 bridgehead atoms. The lowest BCUT2D eigenvalue weighted by atomic mass is 10.0. The zero-order chi connectivity index (χ0) is 50.7. The van der Waals surface area contributed by atoms with Gasteiger partial charge in [-0.05, 0) is 19.3 Å². The number of rotatable bonds is 60. The molecule has 1 atom stereocenters. The van der Waals surface area contributed by atoms with E-state index in [9.17, 15) is 14.4 Å². The third-order valence-electron chi connectivity index (χ3n) is 14.9. The summed E-state index contributed by atoms with van der Waals surface area (Å²) in [6, 6.07) is 0. The van der Waals surface area contributed by atoms with Crippen LogP contribution in [-0.4, -0.2) is 37.2 Å². The van der Waals surface area contributed by atoms with Crippen molar-refractivity contribution in [1.82, 2.24) is 0 Å². The molecule has 0 aromatic carbocycles. The molecule has 0 rings (SSSR count). The average Bonchev–Trinajstić information content (AvgIpc) is 3.36. The van der Waals surface area contributed by atoms with Crippen molar-refractivity contribution in [3.8, 4) is 0 Å². The van der Waals surface area contributed by atoms with Crippen molar-refractivity contribution < 1.29 is 28.6 Å². The number of hydrogen-bond acceptors (Lipinski definition) is 6. The number of unbranched alkanes of at least 4 members (excludes halogenated alkanes) is 49. The third kappa shape index (κ3) is 57.3. The summed E-state index contributed by atoms with van der Waals surface area (Å²) in [5.41, 5.74) is 0. The van der Waals surface area contributed by atoms with Gasteiger partial charge in [0.25, 0.3) is 0 Å². The first kappa shape index (κ1) is 68.4. The predicted octanol–water partition coefficient (Wildman–Crippen LogP) is 21.5. The summed E-state index contributed by atoms with van der Waals surface area (Å²) in [5, 5.41) is 0. The molecule has 1 unspecified atom stereocenters. The highest BCUT2D eigenvalue weighted by molar-refractivity contribution is 5.71. The lowest BCUT2D eigenvalue weighted by molar-refractivity contribution is -0.167. The van der Waals surface area contributed by atoms with Crippen molar-refractivity contribution in [2.75, 3.05) is 13.2 Å². The predicted molar refractivity (Wildman–Crippen MR) is 303 cm³/mol. The lowest BCUT2D eigenvalue weighted by Gasteiger charge is -2.18. The van der Waals surface area contributed by atoms with E-state index in [0.717, 1.165) is 57.8 Å². The van der Waals surface area contributed by atoms with Gasteiger partial charge in [0.05, 0.1) is 0 Å². The monoisotopic (exact) mass is 989 g/mol. The first-order chi connectivity index (χ1) is 34.5. The molecule has 0 N–H and O–H groups in total. The maximum Gasteiger partial charge on any atom is 0.306 e. The maximum atomic E-state index is 12.7. The zero-order valence-electron chi connectivity index (χ0n) is 47.8. The van der Waals surface area contributed by atoms with Gasteiger partial charge in [-0.3, -0.25) is 14.4 Å². The van der Waals surface area contributed by atoms with Crippen molar-refractivity contribution in [3.05, 3.63) is 0 Å². The molecule has 6 nitrogen and oxygen atoms in total. The number of esters is 3. The second-order valence-electron chi connectivity index (χ2n) is 22.1. The smallest absolute Gasteiger partial charge is 0.306 e. The summed E-state index contributed by atoms with van der Waals surface area (Å²) in [5.74, 6) is -0.845. The van der Waals surface area contributed by atoms with E-state index in [1.807, 2.05) is 0 Å². The summed E-state index contributed by atoms with van der Waals surface area (Å²) >= 11 is 0. The highest BCUT2D eigenvalue weighted by Crippen LogP contribution is 2.19. The molecule has 0 aliphatic rings. The molecule has 0 heterocycles. The van der Waals surface area contributed by atoms with Gasteiger partial charge in [-0.25, -0.2) is 0 Å². The molecule has 0 amide bonds. The fraction of sp³-hybridized carbons (Fsp3) is 0.953. The average molecular weight is 990 g/mol. The first-order valence-corrected chi connectivity index (χ1v) is 32.0. The number of hydrogen-bond donors (Lipinski definition) is 0. The van der Waals surface area contributed by atoms with Crippen LogP contribution in [0.4, 0.5) is 0 Å². The van der Waals surface area contributed by atoms with Crippen LogP contribution < -0.4 is 0 Å². The molecule has 0 aromatic rings. The van der Waals surface area contributed by atoms with E-state index in [1.165, 1.54) is 276 Å². The normalized spacial score (nSPS) is 11.9. The minimum atomic E-state index is -0.759. The summed E-state index contributed by atoms with van der Waals surface area (Å²) in [6.07, 6.45) is 68.9. The van der Waals surface area contributed by atoms with Crippen molar-refractivity contribution in [1.29, 1.82) is 0 Å². The lowest BCUT2D eigenvalue weighted by Crippen LogP contribution is -2.30. The minimum Gasteiger partial charge on any atom is -0.462 e. The van der Waals surface area contributed by atoms with E-state index >= 15 is 0 Å². The van der Waals surface area contributed by atoms with Gasteiger partial charge in [-0.1, -0.05) is 335 Å². The summed E-state index contributed by atoms with van der Waals surface area (Å²) in [7, 11) is 0. The number of carbonyl (C=O) groups is 3. The van der Waals surface area contributed by atoms with E-state index in [0.29, 0.717) is 19.3 Å². The van der Waals surface area contributed by atoms with Crippen LogP contribution in [0.15, 0.2) is 0 Å². The van der Waals surface area contributed by atoms with Gasteiger partial charge in [0.15, 0.2) is 6.10 Å². The van der Waals surface area contributed by atoms with Gasteiger partial charge in [-0.2, -0.15) is 0 Å². The van der Waals surface area contributed by atoms with Gasteiger partial charge < -0.3 is 14.2 Å². The highest BCUT2D eigenvalue weighted by Gasteiger charge is 2.19. The molecule has 6 heteroatoms. The Kier molecular flexibility index (Phi) is 58.6. The first-order valence-electron chi connectivity index (χ1n) is 32.0. The fourth-order valence-electron chi connectivity index (χ4n) is 10.0. The van der Waals surface area contributed by atoms with Crippen LogP contribution in [-0.2, 0) is 28.6 Å². The minimum absolute atomic E-state index is 0.0622. The summed E-state index contributed by atoms with van der Waals surface area (Å²) < 4.78 is 16.8. The van der Waals surface area contributed by atoms with Crippen molar-refractivity contribution in [2.24, 2.45) is 0 Å². The van der Waals surface area contributed by atoms with E-state index < -0.39 is 6.10 Å². The molecule has 416 valence electrons. The number of ether oxygens (including phenoxy) is 3. The summed E-state index contributed by atoms with van der Waals surface area (Å²) in [4.78, 5) is 37.9. The molecular formula is C64H124O6. The Labute approximate surface area is 438 Å². The van der Waals surface area contributed by atoms with Gasteiger partial charge in [0, 0.05) is 19.3 Å². The fourth-order valence-corrected chi connectivity index (χ4v) is 10.0. The largest absolute Gasteiger partial charge is 0.462 e. The van der Waals surface area contributed by atoms with E-state index in [2.05, 4.69) is 20.8 Å². The van der Waals surface area contributed by atoms with Crippen LogP contribution in [0.5, 0.6) is 0 Å². The summed E-state index contributed by atoms with van der Waals surface area (Å²) in [6.45, 7) is 6.66. The molecule has 0 saturated carbocycles. The van der Waals surface area contributed by atoms with E-state index in [-0.39, 0.29) is 31.1 Å². The second kappa shape index (κ2) is 60.0. The Balaban J connectivity index is 3.83. The molecule has 0 aliphatic carbocycles. The topological polar surface area (TPSA) is 78.9 Å². The van der Waals surface area contributed by atoms with Crippen LogP contribution in [0.25, 0.3) is 0 Å². The molecule has 0 radical (unpaired) electrons. The third-order valence-corrected chi connectivity index (χ3v) is 14.9. The maximum absolute atomic E-state index is 12.7. The quantitative estimate of drug-likeness (QED) is 0.0343. The van der Waals surface area contributed by atoms with Crippen LogP contribution in [0.1, 0.15) is 374 Å². The van der Waals surface area contributed by atoms with Gasteiger partial charge in [0.2, 0.25) is 0 Å². The Bertz CT molecular complexity index is 1040. The van der Waals surface area contributed by atoms with Crippen molar-refractivity contribution in [3.63, 3.8) is 0 Å².